The number of sulfonamides is 1. The van der Waals surface area contributed by atoms with Crippen molar-refractivity contribution in [3.8, 4) is 0 Å². The Morgan fingerprint density at radius 1 is 0.974 bits per heavy atom. The van der Waals surface area contributed by atoms with Gasteiger partial charge in [-0.15, -0.1) is 0 Å². The summed E-state index contributed by atoms with van der Waals surface area (Å²) in [5, 5.41) is 1.63. The molecular weight excluding hydrogens is 498 g/mol. The number of carbonyl (C=O) groups is 1. The van der Waals surface area contributed by atoms with Gasteiger partial charge in [-0.2, -0.15) is 4.31 Å². The number of aryl methyl sites for hydroxylation is 2. The molecular formula is C30H37N3O4S. The summed E-state index contributed by atoms with van der Waals surface area (Å²) in [5.41, 5.74) is 3.20. The van der Waals surface area contributed by atoms with E-state index in [0.29, 0.717) is 11.4 Å². The van der Waals surface area contributed by atoms with Gasteiger partial charge in [-0.3, -0.25) is 9.78 Å². The molecule has 0 bridgehead atoms. The molecule has 1 aromatic heterocycles. The summed E-state index contributed by atoms with van der Waals surface area (Å²) in [5.74, 6) is -0.0313. The number of benzene rings is 2. The number of fused-ring (bicyclic) bond motifs is 1. The molecule has 5 rings (SSSR count). The Kier molecular flexibility index (Phi) is 8.12. The number of ether oxygens (including phenoxy) is 1. The highest BCUT2D eigenvalue weighted by Crippen LogP contribution is 2.30. The number of hydrogen-bond acceptors (Lipinski definition) is 5. The number of amides is 1. The molecule has 202 valence electrons. The second kappa shape index (κ2) is 11.5. The second-order valence-electron chi connectivity index (χ2n) is 10.6. The van der Waals surface area contributed by atoms with E-state index >= 15 is 0 Å². The van der Waals surface area contributed by atoms with E-state index in [1.807, 2.05) is 42.2 Å². The van der Waals surface area contributed by atoms with Crippen LogP contribution in [0.4, 0.5) is 0 Å². The maximum Gasteiger partial charge on any atom is 0.248 e. The molecule has 0 spiro atoms. The SMILES string of the molecule is Cc1cc(C)nc(CC2CCCN2C(=O)COCC2CCCCN2S(=O)(=O)c2cccc3ccccc23)c1. The molecule has 2 aliphatic heterocycles. The lowest BCUT2D eigenvalue weighted by molar-refractivity contribution is -0.137. The molecule has 2 unspecified atom stereocenters. The van der Waals surface area contributed by atoms with Crippen molar-refractivity contribution in [2.45, 2.75) is 69.4 Å². The van der Waals surface area contributed by atoms with Gasteiger partial charge in [0, 0.05) is 48.4 Å². The number of pyridine rings is 1. The van der Waals surface area contributed by atoms with Crippen molar-refractivity contribution in [2.24, 2.45) is 0 Å². The lowest BCUT2D eigenvalue weighted by atomic mass is 10.1. The van der Waals surface area contributed by atoms with Crippen LogP contribution in [0.3, 0.4) is 0 Å². The van der Waals surface area contributed by atoms with Crippen molar-refractivity contribution < 1.29 is 17.9 Å². The first-order valence-corrected chi connectivity index (χ1v) is 15.1. The summed E-state index contributed by atoms with van der Waals surface area (Å²) in [6.45, 7) is 5.44. The number of aromatic nitrogens is 1. The highest BCUT2D eigenvalue weighted by molar-refractivity contribution is 7.89. The van der Waals surface area contributed by atoms with E-state index in [1.54, 1.807) is 16.4 Å². The standard InChI is InChI=1S/C30H37N3O4S/c1-22-17-23(2)31-25(18-22)19-26-12-8-15-32(26)30(34)21-37-20-27-11-5-6-16-33(27)38(35,36)29-14-7-10-24-9-3-4-13-28(24)29/h3-4,7,9-10,13-14,17-18,26-27H,5-6,8,11-12,15-16,19-21H2,1-2H3. The minimum Gasteiger partial charge on any atom is -0.370 e. The van der Waals surface area contributed by atoms with Crippen molar-refractivity contribution in [3.05, 3.63) is 71.5 Å². The third kappa shape index (κ3) is 5.77. The van der Waals surface area contributed by atoms with E-state index < -0.39 is 10.0 Å². The van der Waals surface area contributed by atoms with Crippen molar-refractivity contribution in [2.75, 3.05) is 26.3 Å². The summed E-state index contributed by atoms with van der Waals surface area (Å²) in [6, 6.07) is 17.0. The van der Waals surface area contributed by atoms with E-state index in [-0.39, 0.29) is 31.2 Å². The zero-order valence-electron chi connectivity index (χ0n) is 22.3. The molecule has 0 radical (unpaired) electrons. The van der Waals surface area contributed by atoms with Crippen LogP contribution >= 0.6 is 0 Å². The number of nitrogens with zero attached hydrogens (tertiary/aromatic N) is 3. The molecule has 2 saturated heterocycles. The van der Waals surface area contributed by atoms with Crippen LogP contribution in [0, 0.1) is 13.8 Å². The van der Waals surface area contributed by atoms with Gasteiger partial charge in [-0.25, -0.2) is 8.42 Å². The predicted molar refractivity (Wildman–Crippen MR) is 148 cm³/mol. The van der Waals surface area contributed by atoms with Crippen molar-refractivity contribution >= 4 is 26.7 Å². The fraction of sp³-hybridized carbons (Fsp3) is 0.467. The Bertz CT molecular complexity index is 1380. The molecule has 2 aliphatic rings. The average molecular weight is 536 g/mol. The summed E-state index contributed by atoms with van der Waals surface area (Å²) < 4.78 is 35.1. The van der Waals surface area contributed by atoms with Crippen LogP contribution < -0.4 is 0 Å². The molecule has 7 nitrogen and oxygen atoms in total. The highest BCUT2D eigenvalue weighted by atomic mass is 32.2. The van der Waals surface area contributed by atoms with Crippen LogP contribution in [0.5, 0.6) is 0 Å². The van der Waals surface area contributed by atoms with Gasteiger partial charge in [0.15, 0.2) is 0 Å². The Hall–Kier alpha value is -2.81. The summed E-state index contributed by atoms with van der Waals surface area (Å²) in [4.78, 5) is 20.0. The quantitative estimate of drug-likeness (QED) is 0.420. The first kappa shape index (κ1) is 26.8. The van der Waals surface area contributed by atoms with Crippen molar-refractivity contribution in [1.29, 1.82) is 0 Å². The molecule has 38 heavy (non-hydrogen) atoms. The summed E-state index contributed by atoms with van der Waals surface area (Å²) >= 11 is 0. The lowest BCUT2D eigenvalue weighted by Crippen LogP contribution is -2.46. The summed E-state index contributed by atoms with van der Waals surface area (Å²) in [7, 11) is -3.70. The van der Waals surface area contributed by atoms with E-state index in [4.69, 9.17) is 4.74 Å². The monoisotopic (exact) mass is 535 g/mol. The maximum absolute atomic E-state index is 13.8. The molecule has 1 amide bonds. The fourth-order valence-corrected chi connectivity index (χ4v) is 7.91. The first-order valence-electron chi connectivity index (χ1n) is 13.6. The lowest BCUT2D eigenvalue weighted by Gasteiger charge is -2.35. The number of rotatable bonds is 8. The number of likely N-dealkylation sites (tertiary alicyclic amines) is 1. The molecule has 3 aromatic rings. The van der Waals surface area contributed by atoms with Crippen LogP contribution in [0.2, 0.25) is 0 Å². The van der Waals surface area contributed by atoms with Gasteiger partial charge in [0.05, 0.1) is 11.5 Å². The molecule has 2 atom stereocenters. The van der Waals surface area contributed by atoms with E-state index in [1.165, 1.54) is 5.56 Å². The third-order valence-corrected chi connectivity index (χ3v) is 9.75. The number of carbonyl (C=O) groups excluding carboxylic acids is 1. The normalized spacial score (nSPS) is 20.7. The summed E-state index contributed by atoms with van der Waals surface area (Å²) in [6.07, 6.45) is 5.17. The van der Waals surface area contributed by atoms with Gasteiger partial charge >= 0.3 is 0 Å². The third-order valence-electron chi connectivity index (χ3n) is 7.74. The maximum atomic E-state index is 13.8. The fourth-order valence-electron chi connectivity index (χ4n) is 6.02. The second-order valence-corrected chi connectivity index (χ2v) is 12.5. The van der Waals surface area contributed by atoms with Gasteiger partial charge in [0.2, 0.25) is 15.9 Å². The topological polar surface area (TPSA) is 79.8 Å². The molecule has 0 saturated carbocycles. The van der Waals surface area contributed by atoms with Gasteiger partial charge in [-0.1, -0.05) is 42.8 Å². The van der Waals surface area contributed by atoms with Crippen molar-refractivity contribution in [3.63, 3.8) is 0 Å². The van der Waals surface area contributed by atoms with Crippen LogP contribution in [0.1, 0.15) is 49.1 Å². The number of hydrogen-bond donors (Lipinski definition) is 0. The Morgan fingerprint density at radius 2 is 1.76 bits per heavy atom. The van der Waals surface area contributed by atoms with E-state index in [0.717, 1.165) is 67.2 Å². The van der Waals surface area contributed by atoms with E-state index in [9.17, 15) is 13.2 Å². The zero-order valence-corrected chi connectivity index (χ0v) is 23.1. The molecule has 8 heteroatoms. The smallest absolute Gasteiger partial charge is 0.248 e. The van der Waals surface area contributed by atoms with Gasteiger partial charge in [0.25, 0.3) is 0 Å². The van der Waals surface area contributed by atoms with Gasteiger partial charge in [0.1, 0.15) is 6.61 Å². The first-order chi connectivity index (χ1) is 18.3. The number of piperidine rings is 1. The molecule has 0 aliphatic carbocycles. The molecule has 2 aromatic carbocycles. The minimum atomic E-state index is -3.70. The zero-order chi connectivity index (χ0) is 26.7. The Labute approximate surface area is 225 Å². The van der Waals surface area contributed by atoms with Crippen LogP contribution in [-0.4, -0.2) is 66.9 Å². The average Bonchev–Trinajstić information content (AvgIpc) is 3.36. The highest BCUT2D eigenvalue weighted by Gasteiger charge is 2.35. The predicted octanol–water partition coefficient (Wildman–Crippen LogP) is 4.65. The van der Waals surface area contributed by atoms with Crippen LogP contribution in [0.15, 0.2) is 59.5 Å². The molecule has 2 fully saturated rings. The molecule has 0 N–H and O–H groups in total. The minimum absolute atomic E-state index is 0.0313. The molecule has 3 heterocycles. The van der Waals surface area contributed by atoms with Crippen molar-refractivity contribution in [1.82, 2.24) is 14.2 Å². The van der Waals surface area contributed by atoms with Crippen LogP contribution in [0.25, 0.3) is 10.8 Å². The van der Waals surface area contributed by atoms with Gasteiger partial charge < -0.3 is 9.64 Å². The van der Waals surface area contributed by atoms with Crippen LogP contribution in [-0.2, 0) is 26.0 Å². The van der Waals surface area contributed by atoms with Gasteiger partial charge in [-0.05, 0) is 68.7 Å². The Morgan fingerprint density at radius 3 is 2.61 bits per heavy atom. The van der Waals surface area contributed by atoms with E-state index in [2.05, 4.69) is 24.0 Å². The Balaban J connectivity index is 1.23. The largest absolute Gasteiger partial charge is 0.370 e.